The van der Waals surface area contributed by atoms with Crippen molar-refractivity contribution in [2.24, 2.45) is 0 Å². The normalized spacial score (nSPS) is 12.5. The highest BCUT2D eigenvalue weighted by atomic mass is 32.1. The summed E-state index contributed by atoms with van der Waals surface area (Å²) in [6, 6.07) is 13.8. The Balaban J connectivity index is 1.72. The summed E-state index contributed by atoms with van der Waals surface area (Å²) in [6.45, 7) is 2.03. The Kier molecular flexibility index (Phi) is 4.18. The van der Waals surface area contributed by atoms with E-state index in [-0.39, 0.29) is 0 Å². The molecule has 108 valence electrons. The zero-order chi connectivity index (χ0) is 14.7. The van der Waals surface area contributed by atoms with Crippen LogP contribution in [0.1, 0.15) is 29.6 Å². The average Bonchev–Trinajstić information content (AvgIpc) is 3.17. The van der Waals surface area contributed by atoms with Crippen LogP contribution >= 0.6 is 11.3 Å². The molecule has 1 aromatic carbocycles. The maximum atomic E-state index is 10.2. The smallest absolute Gasteiger partial charge is 0.133 e. The summed E-state index contributed by atoms with van der Waals surface area (Å²) >= 11 is 1.57. The van der Waals surface area contributed by atoms with Gasteiger partial charge in [-0.15, -0.1) is 11.3 Å². The van der Waals surface area contributed by atoms with Gasteiger partial charge in [-0.1, -0.05) is 37.3 Å². The standard InChI is InChI=1S/C17H17NO2S/c1-2-13-8-9-16(20-13)15(19)10-17-18-14(11-21-17)12-6-4-3-5-7-12/h3-9,11,15,19H,2,10H2,1H3. The van der Waals surface area contributed by atoms with Crippen LogP contribution in [0.25, 0.3) is 11.3 Å². The van der Waals surface area contributed by atoms with Gasteiger partial charge in [-0.05, 0) is 12.1 Å². The SMILES string of the molecule is CCc1ccc(C(O)Cc2nc(-c3ccccc3)cs2)o1. The molecule has 1 unspecified atom stereocenters. The van der Waals surface area contributed by atoms with Crippen molar-refractivity contribution in [2.75, 3.05) is 0 Å². The molecule has 0 bridgehead atoms. The topological polar surface area (TPSA) is 46.3 Å². The van der Waals surface area contributed by atoms with E-state index in [2.05, 4.69) is 4.98 Å². The summed E-state index contributed by atoms with van der Waals surface area (Å²) in [5, 5.41) is 13.2. The molecule has 0 radical (unpaired) electrons. The molecule has 3 nitrogen and oxygen atoms in total. The van der Waals surface area contributed by atoms with Crippen molar-refractivity contribution in [2.45, 2.75) is 25.9 Å². The predicted molar refractivity (Wildman–Crippen MR) is 84.3 cm³/mol. The van der Waals surface area contributed by atoms with Gasteiger partial charge >= 0.3 is 0 Å². The highest BCUT2D eigenvalue weighted by Crippen LogP contribution is 2.26. The van der Waals surface area contributed by atoms with Crippen molar-refractivity contribution in [1.29, 1.82) is 0 Å². The van der Waals surface area contributed by atoms with E-state index >= 15 is 0 Å². The molecule has 1 N–H and O–H groups in total. The highest BCUT2D eigenvalue weighted by molar-refractivity contribution is 7.09. The lowest BCUT2D eigenvalue weighted by Gasteiger charge is -2.05. The zero-order valence-electron chi connectivity index (χ0n) is 11.8. The number of aryl methyl sites for hydroxylation is 1. The molecule has 0 aliphatic rings. The van der Waals surface area contributed by atoms with E-state index in [4.69, 9.17) is 4.42 Å². The molecule has 2 aromatic heterocycles. The molecule has 1 atom stereocenters. The second kappa shape index (κ2) is 6.24. The molecule has 0 aliphatic heterocycles. The third-order valence-electron chi connectivity index (χ3n) is 3.35. The monoisotopic (exact) mass is 299 g/mol. The van der Waals surface area contributed by atoms with Gasteiger partial charge in [0.2, 0.25) is 0 Å². The first-order chi connectivity index (χ1) is 10.3. The van der Waals surface area contributed by atoms with E-state index < -0.39 is 6.10 Å². The summed E-state index contributed by atoms with van der Waals surface area (Å²) < 4.78 is 5.59. The highest BCUT2D eigenvalue weighted by Gasteiger charge is 2.15. The number of benzene rings is 1. The van der Waals surface area contributed by atoms with Crippen molar-refractivity contribution in [3.8, 4) is 11.3 Å². The molecular weight excluding hydrogens is 282 g/mol. The summed E-state index contributed by atoms with van der Waals surface area (Å²) in [4.78, 5) is 4.59. The number of furan rings is 1. The Labute approximate surface area is 127 Å². The molecule has 0 fully saturated rings. The first-order valence-corrected chi connectivity index (χ1v) is 7.90. The zero-order valence-corrected chi connectivity index (χ0v) is 12.6. The van der Waals surface area contributed by atoms with Crippen LogP contribution < -0.4 is 0 Å². The second-order valence-electron chi connectivity index (χ2n) is 4.87. The van der Waals surface area contributed by atoms with E-state index in [0.717, 1.165) is 28.4 Å². The summed E-state index contributed by atoms with van der Waals surface area (Å²) in [5.41, 5.74) is 2.05. The molecule has 0 amide bonds. The van der Waals surface area contributed by atoms with Crippen LogP contribution in [0.15, 0.2) is 52.3 Å². The number of hydrogen-bond acceptors (Lipinski definition) is 4. The number of rotatable bonds is 5. The summed E-state index contributed by atoms with van der Waals surface area (Å²) in [5.74, 6) is 1.51. The van der Waals surface area contributed by atoms with Crippen LogP contribution in [0, 0.1) is 0 Å². The van der Waals surface area contributed by atoms with Crippen LogP contribution in [-0.2, 0) is 12.8 Å². The maximum Gasteiger partial charge on any atom is 0.133 e. The van der Waals surface area contributed by atoms with Crippen LogP contribution in [0.3, 0.4) is 0 Å². The van der Waals surface area contributed by atoms with Crippen LogP contribution in [0.4, 0.5) is 0 Å². The minimum atomic E-state index is -0.639. The molecular formula is C17H17NO2S. The lowest BCUT2D eigenvalue weighted by molar-refractivity contribution is 0.148. The lowest BCUT2D eigenvalue weighted by Crippen LogP contribution is -2.00. The molecule has 3 aromatic rings. The number of aliphatic hydroxyl groups excluding tert-OH is 1. The number of nitrogens with zero attached hydrogens (tertiary/aromatic N) is 1. The fourth-order valence-electron chi connectivity index (χ4n) is 2.18. The van der Waals surface area contributed by atoms with Gasteiger partial charge in [0.05, 0.1) is 10.7 Å². The molecule has 0 aliphatic carbocycles. The van der Waals surface area contributed by atoms with Gasteiger partial charge < -0.3 is 9.52 Å². The van der Waals surface area contributed by atoms with Crippen molar-refractivity contribution in [1.82, 2.24) is 4.98 Å². The van der Waals surface area contributed by atoms with E-state index in [1.807, 2.05) is 54.8 Å². The van der Waals surface area contributed by atoms with Gasteiger partial charge in [0.15, 0.2) is 0 Å². The third-order valence-corrected chi connectivity index (χ3v) is 4.22. The predicted octanol–water partition coefficient (Wildman–Crippen LogP) is 4.24. The Morgan fingerprint density at radius 3 is 2.71 bits per heavy atom. The number of hydrogen-bond donors (Lipinski definition) is 1. The molecule has 0 saturated carbocycles. The van der Waals surface area contributed by atoms with Crippen molar-refractivity contribution in [3.05, 3.63) is 64.4 Å². The van der Waals surface area contributed by atoms with Crippen LogP contribution in [0.5, 0.6) is 0 Å². The second-order valence-corrected chi connectivity index (χ2v) is 5.81. The molecule has 4 heteroatoms. The van der Waals surface area contributed by atoms with Crippen molar-refractivity contribution in [3.63, 3.8) is 0 Å². The molecule has 3 rings (SSSR count). The minimum Gasteiger partial charge on any atom is -0.463 e. The number of aliphatic hydroxyl groups is 1. The van der Waals surface area contributed by atoms with Crippen molar-refractivity contribution >= 4 is 11.3 Å². The first kappa shape index (κ1) is 14.0. The Bertz CT molecular complexity index is 702. The van der Waals surface area contributed by atoms with Gasteiger partial charge in [-0.25, -0.2) is 4.98 Å². The lowest BCUT2D eigenvalue weighted by atomic mass is 10.2. The minimum absolute atomic E-state index is 0.480. The van der Waals surface area contributed by atoms with Gasteiger partial charge in [0.1, 0.15) is 17.6 Å². The van der Waals surface area contributed by atoms with Gasteiger partial charge in [-0.3, -0.25) is 0 Å². The summed E-state index contributed by atoms with van der Waals surface area (Å²) in [7, 11) is 0. The first-order valence-electron chi connectivity index (χ1n) is 7.02. The van der Waals surface area contributed by atoms with E-state index in [0.29, 0.717) is 12.2 Å². The Morgan fingerprint density at radius 2 is 2.00 bits per heavy atom. The largest absolute Gasteiger partial charge is 0.463 e. The van der Waals surface area contributed by atoms with Crippen LogP contribution in [0.2, 0.25) is 0 Å². The van der Waals surface area contributed by atoms with Gasteiger partial charge in [-0.2, -0.15) is 0 Å². The molecule has 21 heavy (non-hydrogen) atoms. The fraction of sp³-hybridized carbons (Fsp3) is 0.235. The van der Waals surface area contributed by atoms with Crippen LogP contribution in [-0.4, -0.2) is 10.1 Å². The number of aromatic nitrogens is 1. The number of thiazole rings is 1. The van der Waals surface area contributed by atoms with E-state index in [1.165, 1.54) is 0 Å². The Hall–Kier alpha value is -1.91. The summed E-state index contributed by atoms with van der Waals surface area (Å²) in [6.07, 6.45) is 0.677. The quantitative estimate of drug-likeness (QED) is 0.766. The Morgan fingerprint density at radius 1 is 1.19 bits per heavy atom. The molecule has 0 saturated heterocycles. The van der Waals surface area contributed by atoms with E-state index in [1.54, 1.807) is 11.3 Å². The molecule has 0 spiro atoms. The van der Waals surface area contributed by atoms with Gasteiger partial charge in [0.25, 0.3) is 0 Å². The molecule has 2 heterocycles. The van der Waals surface area contributed by atoms with Gasteiger partial charge in [0, 0.05) is 23.8 Å². The maximum absolute atomic E-state index is 10.2. The van der Waals surface area contributed by atoms with Crippen molar-refractivity contribution < 1.29 is 9.52 Å². The fourth-order valence-corrected chi connectivity index (χ4v) is 3.02. The van der Waals surface area contributed by atoms with E-state index in [9.17, 15) is 5.11 Å². The third kappa shape index (κ3) is 3.23. The average molecular weight is 299 g/mol.